The Bertz CT molecular complexity index is 1010. The molecule has 0 saturated heterocycles. The van der Waals surface area contributed by atoms with Gasteiger partial charge in [0.15, 0.2) is 0 Å². The van der Waals surface area contributed by atoms with Gasteiger partial charge >= 0.3 is 191 Å². The molecule has 2 aliphatic carbocycles. The van der Waals surface area contributed by atoms with Gasteiger partial charge in [-0.25, -0.2) is 0 Å². The average molecular weight is 521 g/mol. The van der Waals surface area contributed by atoms with Crippen molar-refractivity contribution < 1.29 is 16.6 Å². The van der Waals surface area contributed by atoms with Crippen molar-refractivity contribution in [1.82, 2.24) is 0 Å². The summed E-state index contributed by atoms with van der Waals surface area (Å²) >= 11 is -1.61. The zero-order valence-electron chi connectivity index (χ0n) is 20.7. The Hall–Kier alpha value is -0.569. The largest absolute Gasteiger partial charge is 0.147 e. The van der Waals surface area contributed by atoms with E-state index >= 15 is 0 Å². The second kappa shape index (κ2) is 9.97. The van der Waals surface area contributed by atoms with Crippen LogP contribution >= 0.6 is 24.8 Å². The van der Waals surface area contributed by atoms with E-state index in [4.69, 9.17) is 0 Å². The van der Waals surface area contributed by atoms with Crippen LogP contribution in [0.2, 0.25) is 13.1 Å². The minimum Gasteiger partial charge on any atom is -0.147 e. The standard InChI is InChI=1S/2C13H15.C2H6Si.2ClH.Ti/c2*1-13(2,3)12-8-10-6-4-5-7-11(10)9-12;1-3-2;;;/h2*4-9H,1-3H3;1-2H3;2*1H;. The molecule has 0 amide bonds. The Kier molecular flexibility index (Phi) is 8.62. The summed E-state index contributed by atoms with van der Waals surface area (Å²) in [7, 11) is 0. The summed E-state index contributed by atoms with van der Waals surface area (Å²) in [5.41, 5.74) is 10.0. The third-order valence-corrected chi connectivity index (χ3v) is 19.6. The van der Waals surface area contributed by atoms with Crippen molar-refractivity contribution >= 4 is 43.2 Å². The molecule has 4 rings (SSSR count). The molecule has 0 N–H and O–H groups in total. The molecule has 172 valence electrons. The summed E-state index contributed by atoms with van der Waals surface area (Å²) in [6.07, 6.45) is 4.69. The van der Waals surface area contributed by atoms with Crippen molar-refractivity contribution in [2.75, 3.05) is 0 Å². The molecular weight excluding hydrogens is 483 g/mol. The molecule has 32 heavy (non-hydrogen) atoms. The first-order valence-corrected chi connectivity index (χ1v) is 17.9. The van der Waals surface area contributed by atoms with Crippen molar-refractivity contribution in [1.29, 1.82) is 0 Å². The van der Waals surface area contributed by atoms with E-state index in [1.54, 1.807) is 22.3 Å². The van der Waals surface area contributed by atoms with Gasteiger partial charge in [-0.15, -0.1) is 24.8 Å². The average Bonchev–Trinajstić information content (AvgIpc) is 3.22. The Morgan fingerprint density at radius 3 is 1.28 bits per heavy atom. The summed E-state index contributed by atoms with van der Waals surface area (Å²) < 4.78 is 1.35. The zero-order chi connectivity index (χ0) is 21.8. The number of benzene rings is 2. The summed E-state index contributed by atoms with van der Waals surface area (Å²) in [6.45, 7) is 19.8. The summed E-state index contributed by atoms with van der Waals surface area (Å²) in [5, 5.41) is 0. The molecule has 0 aromatic heterocycles. The van der Waals surface area contributed by atoms with Gasteiger partial charge < -0.3 is 0 Å². The van der Waals surface area contributed by atoms with Crippen LogP contribution < -0.4 is 0 Å². The number of hydrogen-bond acceptors (Lipinski definition) is 0. The summed E-state index contributed by atoms with van der Waals surface area (Å²) in [6, 6.07) is 18.5. The van der Waals surface area contributed by atoms with Gasteiger partial charge in [0.1, 0.15) is 0 Å². The van der Waals surface area contributed by atoms with Crippen molar-refractivity contribution in [3.8, 4) is 0 Å². The molecule has 2 aromatic carbocycles. The molecule has 0 spiro atoms. The number of allylic oxidation sites excluding steroid dienone is 2. The first kappa shape index (κ1) is 27.7. The predicted molar refractivity (Wildman–Crippen MR) is 145 cm³/mol. The number of halogens is 2. The minimum atomic E-state index is -1.61. The van der Waals surface area contributed by atoms with E-state index in [-0.39, 0.29) is 35.6 Å². The van der Waals surface area contributed by atoms with E-state index in [1.165, 1.54) is 11.1 Å². The second-order valence-corrected chi connectivity index (χ2v) is 23.6. The van der Waals surface area contributed by atoms with Crippen LogP contribution in [0.5, 0.6) is 0 Å². The Balaban J connectivity index is 0.00000181. The van der Waals surface area contributed by atoms with E-state index in [9.17, 15) is 0 Å². The van der Waals surface area contributed by atoms with Gasteiger partial charge in [0, 0.05) is 0 Å². The molecule has 0 bridgehead atoms. The molecule has 2 aliphatic rings. The van der Waals surface area contributed by atoms with E-state index in [2.05, 4.69) is 115 Å². The van der Waals surface area contributed by atoms with Crippen LogP contribution in [0.25, 0.3) is 12.2 Å². The van der Waals surface area contributed by atoms with Crippen LogP contribution in [0, 0.1) is 10.8 Å². The molecule has 2 unspecified atom stereocenters. The molecule has 2 aromatic rings. The molecule has 0 aliphatic heterocycles. The third kappa shape index (κ3) is 4.94. The van der Waals surface area contributed by atoms with E-state index in [0.29, 0.717) is 8.45 Å². The first-order chi connectivity index (χ1) is 14.0. The molecule has 0 fully saturated rings. The first-order valence-electron chi connectivity index (χ1n) is 11.3. The van der Waals surface area contributed by atoms with Crippen LogP contribution in [0.4, 0.5) is 0 Å². The van der Waals surface area contributed by atoms with Gasteiger partial charge in [-0.05, 0) is 0 Å². The van der Waals surface area contributed by atoms with Crippen molar-refractivity contribution in [3.63, 3.8) is 0 Å². The van der Waals surface area contributed by atoms with E-state index < -0.39 is 22.8 Å². The molecule has 4 heteroatoms. The van der Waals surface area contributed by atoms with E-state index in [0.717, 1.165) is 0 Å². The maximum Gasteiger partial charge on any atom is -0.147 e. The number of rotatable bonds is 2. The smallest absolute Gasteiger partial charge is 0.147 e. The molecule has 0 radical (unpaired) electrons. The van der Waals surface area contributed by atoms with Gasteiger partial charge in [0.05, 0.1) is 0 Å². The fourth-order valence-corrected chi connectivity index (χ4v) is 19.5. The molecule has 0 nitrogen and oxygen atoms in total. The van der Waals surface area contributed by atoms with Crippen molar-refractivity contribution in [3.05, 3.63) is 81.9 Å². The van der Waals surface area contributed by atoms with Crippen LogP contribution in [-0.4, -0.2) is 6.19 Å². The van der Waals surface area contributed by atoms with Gasteiger partial charge in [-0.1, -0.05) is 0 Å². The van der Waals surface area contributed by atoms with Gasteiger partial charge in [-0.3, -0.25) is 0 Å². The molecule has 2 atom stereocenters. The predicted octanol–water partition coefficient (Wildman–Crippen LogP) is 9.07. The molecular formula is C28H38Cl2SiTi. The normalized spacial score (nSPS) is 19.1. The zero-order valence-corrected chi connectivity index (χ0v) is 24.9. The topological polar surface area (TPSA) is 0 Å². The van der Waals surface area contributed by atoms with Crippen LogP contribution in [0.3, 0.4) is 0 Å². The second-order valence-electron chi connectivity index (χ2n) is 11.3. The van der Waals surface area contributed by atoms with Crippen LogP contribution in [-0.2, 0) is 16.6 Å². The van der Waals surface area contributed by atoms with Gasteiger partial charge in [-0.2, -0.15) is 0 Å². The summed E-state index contributed by atoms with van der Waals surface area (Å²) in [4.78, 5) is 0. The minimum absolute atomic E-state index is 0. The van der Waals surface area contributed by atoms with Crippen LogP contribution in [0.15, 0.2) is 59.7 Å². The Morgan fingerprint density at radius 1 is 0.625 bits per heavy atom. The number of hydrogen-bond donors (Lipinski definition) is 0. The summed E-state index contributed by atoms with van der Waals surface area (Å²) in [5.74, 6) is 0. The van der Waals surface area contributed by atoms with E-state index in [1.807, 2.05) is 0 Å². The van der Waals surface area contributed by atoms with Crippen LogP contribution in [0.1, 0.15) is 72.2 Å². The maximum absolute atomic E-state index is 2.61. The van der Waals surface area contributed by atoms with Crippen molar-refractivity contribution in [2.45, 2.75) is 63.1 Å². The fraction of sp³-hybridized carbons (Fsp3) is 0.429. The SMILES string of the molecule is C[Si](C)=[Ti]([CH]1C(C(C)(C)C)=Cc2ccccc21)[CH]1C(C(C)(C)C)=Cc2ccccc21.Cl.Cl. The quantitative estimate of drug-likeness (QED) is 0.346. The Morgan fingerprint density at radius 2 is 0.969 bits per heavy atom. The Labute approximate surface area is 214 Å². The fourth-order valence-electron chi connectivity index (χ4n) is 5.36. The maximum atomic E-state index is 2.61. The number of fused-ring (bicyclic) bond motifs is 2. The van der Waals surface area contributed by atoms with Crippen molar-refractivity contribution in [2.24, 2.45) is 10.8 Å². The third-order valence-electron chi connectivity index (χ3n) is 6.79. The van der Waals surface area contributed by atoms with Gasteiger partial charge in [0.2, 0.25) is 0 Å². The monoisotopic (exact) mass is 520 g/mol. The van der Waals surface area contributed by atoms with Gasteiger partial charge in [0.25, 0.3) is 0 Å². The molecule has 0 saturated carbocycles. The molecule has 0 heterocycles.